The summed E-state index contributed by atoms with van der Waals surface area (Å²) in [7, 11) is 0. The maximum atomic E-state index is 12.2. The van der Waals surface area contributed by atoms with Crippen molar-refractivity contribution in [3.63, 3.8) is 0 Å². The lowest BCUT2D eigenvalue weighted by Gasteiger charge is -2.17. The molecule has 1 aromatic heterocycles. The molecule has 0 aliphatic carbocycles. The van der Waals surface area contributed by atoms with Gasteiger partial charge in [0.25, 0.3) is 0 Å². The maximum Gasteiger partial charge on any atom is 0.300 e. The van der Waals surface area contributed by atoms with Gasteiger partial charge in [0, 0.05) is 5.41 Å². The number of rotatable bonds is 2. The quantitative estimate of drug-likeness (QED) is 0.747. The molecule has 1 heterocycles. The zero-order valence-electron chi connectivity index (χ0n) is 8.27. The molecular weight excluding hydrogens is 190 g/mol. The third-order valence-corrected chi connectivity index (χ3v) is 1.85. The van der Waals surface area contributed by atoms with E-state index in [1.807, 2.05) is 20.8 Å². The Bertz CT molecular complexity index is 339. The fourth-order valence-corrected chi connectivity index (χ4v) is 1.16. The van der Waals surface area contributed by atoms with Crippen LogP contribution in [-0.4, -0.2) is 22.4 Å². The Balaban J connectivity index is 3.12. The molecular formula is C9H12F2N2O. The number of aromatic amines is 1. The Kier molecular flexibility index (Phi) is 2.69. The number of carbonyl (C=O) groups is 1. The van der Waals surface area contributed by atoms with Gasteiger partial charge in [-0.05, 0) is 0 Å². The molecule has 0 fully saturated rings. The van der Waals surface area contributed by atoms with Gasteiger partial charge in [-0.25, -0.2) is 8.78 Å². The number of nitrogens with one attached hydrogen (secondary N) is 1. The van der Waals surface area contributed by atoms with E-state index in [4.69, 9.17) is 0 Å². The molecule has 0 aliphatic heterocycles. The van der Waals surface area contributed by atoms with Crippen LogP contribution in [0.5, 0.6) is 0 Å². The average Bonchev–Trinajstić information content (AvgIpc) is 2.48. The predicted octanol–water partition coefficient (Wildman–Crippen LogP) is 2.16. The Morgan fingerprint density at radius 3 is 2.50 bits per heavy atom. The first kappa shape index (κ1) is 10.8. The van der Waals surface area contributed by atoms with Crippen molar-refractivity contribution in [2.75, 3.05) is 0 Å². The number of alkyl halides is 2. The van der Waals surface area contributed by atoms with Crippen molar-refractivity contribution in [2.24, 2.45) is 0 Å². The van der Waals surface area contributed by atoms with Crippen LogP contribution in [-0.2, 0) is 5.41 Å². The van der Waals surface area contributed by atoms with Crippen LogP contribution in [0, 0.1) is 0 Å². The number of carbonyl (C=O) groups excluding carboxylic acids is 1. The van der Waals surface area contributed by atoms with Gasteiger partial charge in [-0.1, -0.05) is 20.8 Å². The number of ketones is 1. The molecule has 0 amide bonds. The number of hydrogen-bond donors (Lipinski definition) is 1. The van der Waals surface area contributed by atoms with Crippen molar-refractivity contribution < 1.29 is 13.6 Å². The molecule has 0 aromatic carbocycles. The summed E-state index contributed by atoms with van der Waals surface area (Å²) in [5.74, 6) is -1.18. The number of aromatic nitrogens is 2. The average molecular weight is 202 g/mol. The van der Waals surface area contributed by atoms with Crippen LogP contribution in [0.25, 0.3) is 0 Å². The molecule has 0 saturated carbocycles. The summed E-state index contributed by atoms with van der Waals surface area (Å²) < 4.78 is 24.3. The zero-order valence-corrected chi connectivity index (χ0v) is 8.27. The minimum Gasteiger partial charge on any atom is -0.288 e. The van der Waals surface area contributed by atoms with Gasteiger partial charge in [0.05, 0.1) is 17.5 Å². The molecule has 0 atom stereocenters. The van der Waals surface area contributed by atoms with E-state index in [0.29, 0.717) is 5.69 Å². The fraction of sp³-hybridized carbons (Fsp3) is 0.556. The zero-order chi connectivity index (χ0) is 10.9. The van der Waals surface area contributed by atoms with Gasteiger partial charge in [0.15, 0.2) is 0 Å². The maximum absolute atomic E-state index is 12.2. The molecule has 14 heavy (non-hydrogen) atoms. The lowest BCUT2D eigenvalue weighted by molar-refractivity contribution is 0.0676. The number of halogens is 2. The molecule has 0 saturated heterocycles. The normalized spacial score (nSPS) is 12.1. The van der Waals surface area contributed by atoms with E-state index >= 15 is 0 Å². The van der Waals surface area contributed by atoms with Crippen LogP contribution < -0.4 is 0 Å². The van der Waals surface area contributed by atoms with Crippen molar-refractivity contribution in [3.8, 4) is 0 Å². The second kappa shape index (κ2) is 3.48. The van der Waals surface area contributed by atoms with Gasteiger partial charge < -0.3 is 0 Å². The van der Waals surface area contributed by atoms with Gasteiger partial charge in [0.1, 0.15) is 0 Å². The topological polar surface area (TPSA) is 45.8 Å². The Labute approximate surface area is 80.5 Å². The monoisotopic (exact) mass is 202 g/mol. The molecule has 0 unspecified atom stereocenters. The van der Waals surface area contributed by atoms with Gasteiger partial charge in [-0.2, -0.15) is 5.10 Å². The summed E-state index contributed by atoms with van der Waals surface area (Å²) in [6, 6.07) is 0. The Morgan fingerprint density at radius 1 is 1.50 bits per heavy atom. The lowest BCUT2D eigenvalue weighted by Crippen LogP contribution is -2.19. The summed E-state index contributed by atoms with van der Waals surface area (Å²) in [4.78, 5) is 11.1. The molecule has 1 N–H and O–H groups in total. The SMILES string of the molecule is CC(C)(C)c1[nH]ncc1C(=O)C(F)F. The molecule has 5 heteroatoms. The fourth-order valence-electron chi connectivity index (χ4n) is 1.16. The minimum absolute atomic E-state index is 0.0208. The molecule has 1 aromatic rings. The van der Waals surface area contributed by atoms with Gasteiger partial charge in [-0.15, -0.1) is 0 Å². The highest BCUT2D eigenvalue weighted by molar-refractivity contribution is 5.99. The van der Waals surface area contributed by atoms with Crippen LogP contribution in [0.1, 0.15) is 36.8 Å². The van der Waals surface area contributed by atoms with Crippen LogP contribution in [0.3, 0.4) is 0 Å². The third kappa shape index (κ3) is 1.97. The Morgan fingerprint density at radius 2 is 2.07 bits per heavy atom. The summed E-state index contributed by atoms with van der Waals surface area (Å²) in [6.07, 6.45) is -1.83. The van der Waals surface area contributed by atoms with E-state index in [1.54, 1.807) is 0 Å². The molecule has 0 bridgehead atoms. The minimum atomic E-state index is -2.98. The van der Waals surface area contributed by atoms with E-state index in [0.717, 1.165) is 6.20 Å². The van der Waals surface area contributed by atoms with Gasteiger partial charge in [-0.3, -0.25) is 9.89 Å². The summed E-state index contributed by atoms with van der Waals surface area (Å²) in [5, 5.41) is 6.19. The van der Waals surface area contributed by atoms with Crippen LogP contribution in [0.2, 0.25) is 0 Å². The van der Waals surface area contributed by atoms with Crippen molar-refractivity contribution in [3.05, 3.63) is 17.5 Å². The highest BCUT2D eigenvalue weighted by atomic mass is 19.3. The third-order valence-electron chi connectivity index (χ3n) is 1.85. The van der Waals surface area contributed by atoms with Crippen molar-refractivity contribution in [2.45, 2.75) is 32.6 Å². The molecule has 3 nitrogen and oxygen atoms in total. The first-order valence-corrected chi connectivity index (χ1v) is 4.20. The molecule has 0 radical (unpaired) electrons. The van der Waals surface area contributed by atoms with Crippen LogP contribution in [0.15, 0.2) is 6.20 Å². The number of nitrogens with zero attached hydrogens (tertiary/aromatic N) is 1. The van der Waals surface area contributed by atoms with E-state index in [1.165, 1.54) is 0 Å². The second-order valence-electron chi connectivity index (χ2n) is 4.07. The number of Topliss-reactive ketones (excluding diaryl/α,β-unsaturated/α-hetero) is 1. The largest absolute Gasteiger partial charge is 0.300 e. The lowest BCUT2D eigenvalue weighted by atomic mass is 9.88. The second-order valence-corrected chi connectivity index (χ2v) is 4.07. The van der Waals surface area contributed by atoms with E-state index in [9.17, 15) is 13.6 Å². The molecule has 0 aliphatic rings. The summed E-state index contributed by atoms with van der Waals surface area (Å²) in [5.41, 5.74) is 0.0337. The van der Waals surface area contributed by atoms with Gasteiger partial charge >= 0.3 is 6.43 Å². The van der Waals surface area contributed by atoms with Crippen molar-refractivity contribution in [1.82, 2.24) is 10.2 Å². The summed E-state index contributed by atoms with van der Waals surface area (Å²) in [6.45, 7) is 5.47. The van der Waals surface area contributed by atoms with Crippen molar-refractivity contribution >= 4 is 5.78 Å². The van der Waals surface area contributed by atoms with Crippen molar-refractivity contribution in [1.29, 1.82) is 0 Å². The Hall–Kier alpha value is -1.26. The van der Waals surface area contributed by atoms with Gasteiger partial charge in [0.2, 0.25) is 5.78 Å². The molecule has 78 valence electrons. The number of hydrogen-bond acceptors (Lipinski definition) is 2. The van der Waals surface area contributed by atoms with E-state index < -0.39 is 17.6 Å². The first-order chi connectivity index (χ1) is 6.34. The highest BCUT2D eigenvalue weighted by Gasteiger charge is 2.28. The first-order valence-electron chi connectivity index (χ1n) is 4.20. The summed E-state index contributed by atoms with van der Waals surface area (Å²) >= 11 is 0. The van der Waals surface area contributed by atoms with E-state index in [2.05, 4.69) is 10.2 Å². The van der Waals surface area contributed by atoms with Crippen LogP contribution in [0.4, 0.5) is 8.78 Å². The standard InChI is InChI=1S/C9H12F2N2O/c1-9(2,3)7-5(4-12-13-7)6(14)8(10)11/h4,8H,1-3H3,(H,12,13). The highest BCUT2D eigenvalue weighted by Crippen LogP contribution is 2.24. The smallest absolute Gasteiger partial charge is 0.288 e. The predicted molar refractivity (Wildman–Crippen MR) is 47.6 cm³/mol. The van der Waals surface area contributed by atoms with Crippen LogP contribution >= 0.6 is 0 Å². The number of H-pyrrole nitrogens is 1. The molecule has 0 spiro atoms. The van der Waals surface area contributed by atoms with E-state index in [-0.39, 0.29) is 5.56 Å². The molecule has 1 rings (SSSR count).